The van der Waals surface area contributed by atoms with E-state index in [0.717, 1.165) is 4.31 Å². The van der Waals surface area contributed by atoms with Gasteiger partial charge in [-0.15, -0.1) is 0 Å². The van der Waals surface area contributed by atoms with Crippen molar-refractivity contribution in [3.8, 4) is 5.75 Å². The maximum atomic E-state index is 12.9. The molecule has 0 heterocycles. The third-order valence-corrected chi connectivity index (χ3v) is 7.40. The number of hydrogen-bond donors (Lipinski definition) is 2. The van der Waals surface area contributed by atoms with Crippen LogP contribution >= 0.6 is 11.6 Å². The molecule has 170 valence electrons. The highest BCUT2D eigenvalue weighted by Gasteiger charge is 2.26. The highest BCUT2D eigenvalue weighted by atomic mass is 35.5. The van der Waals surface area contributed by atoms with Gasteiger partial charge >= 0.3 is 0 Å². The third-order valence-electron chi connectivity index (χ3n) is 4.26. The summed E-state index contributed by atoms with van der Waals surface area (Å²) in [5.41, 5.74) is 0.630. The lowest BCUT2D eigenvalue weighted by molar-refractivity contribution is -0.121. The van der Waals surface area contributed by atoms with Crippen molar-refractivity contribution < 1.29 is 26.4 Å². The summed E-state index contributed by atoms with van der Waals surface area (Å²) < 4.78 is 54.7. The number of benzene rings is 2. The summed E-state index contributed by atoms with van der Waals surface area (Å²) >= 11 is 6.09. The van der Waals surface area contributed by atoms with Crippen molar-refractivity contribution in [2.75, 3.05) is 19.7 Å². The zero-order valence-corrected chi connectivity index (χ0v) is 19.4. The zero-order valence-electron chi connectivity index (χ0n) is 17.0. The van der Waals surface area contributed by atoms with E-state index in [1.807, 2.05) is 0 Å². The third kappa shape index (κ3) is 6.65. The fourth-order valence-electron chi connectivity index (χ4n) is 2.64. The standard InChI is InChI=1S/C19H24ClN3O6S2/c1-3-23(31(27,28)16-9-10-18(29-4-2)17(20)11-16)13-19(24)22-12-14-5-7-15(8-6-14)30(21,25)26/h5-11H,3-4,12-13H2,1-2H3,(H,22,24)(H2,21,25,26). The number of nitrogens with one attached hydrogen (secondary N) is 1. The minimum atomic E-state index is -3.95. The number of nitrogens with two attached hydrogens (primary N) is 1. The molecule has 0 aliphatic carbocycles. The maximum absolute atomic E-state index is 12.9. The second-order valence-corrected chi connectivity index (χ2v) is 10.3. The first-order chi connectivity index (χ1) is 14.5. The Balaban J connectivity index is 2.05. The van der Waals surface area contributed by atoms with Crippen molar-refractivity contribution in [2.45, 2.75) is 30.2 Å². The molecular formula is C19H24ClN3O6S2. The average molecular weight is 490 g/mol. The first-order valence-electron chi connectivity index (χ1n) is 9.30. The van der Waals surface area contributed by atoms with Crippen molar-refractivity contribution in [3.05, 3.63) is 53.1 Å². The molecule has 9 nitrogen and oxygen atoms in total. The zero-order chi connectivity index (χ0) is 23.2. The van der Waals surface area contributed by atoms with Crippen molar-refractivity contribution in [1.29, 1.82) is 0 Å². The van der Waals surface area contributed by atoms with Gasteiger partial charge in [-0.25, -0.2) is 22.0 Å². The molecule has 0 atom stereocenters. The fraction of sp³-hybridized carbons (Fsp3) is 0.316. The molecule has 1 amide bonds. The summed E-state index contributed by atoms with van der Waals surface area (Å²) in [4.78, 5) is 12.2. The Labute approximate surface area is 187 Å². The van der Waals surface area contributed by atoms with Crippen LogP contribution in [0.2, 0.25) is 5.02 Å². The van der Waals surface area contributed by atoms with Crippen molar-refractivity contribution >= 4 is 37.6 Å². The Bertz CT molecular complexity index is 1140. The van der Waals surface area contributed by atoms with Gasteiger partial charge in [0.1, 0.15) is 5.75 Å². The quantitative estimate of drug-likeness (QED) is 0.521. The van der Waals surface area contributed by atoms with Crippen molar-refractivity contribution in [1.82, 2.24) is 9.62 Å². The first-order valence-corrected chi connectivity index (χ1v) is 12.7. The van der Waals surface area contributed by atoms with Gasteiger partial charge in [0.2, 0.25) is 26.0 Å². The molecule has 0 aromatic heterocycles. The van der Waals surface area contributed by atoms with Crippen LogP contribution in [0, 0.1) is 0 Å². The maximum Gasteiger partial charge on any atom is 0.243 e. The molecule has 0 saturated carbocycles. The number of carbonyl (C=O) groups is 1. The number of primary sulfonamides is 1. The van der Waals surface area contributed by atoms with Gasteiger partial charge in [-0.05, 0) is 42.8 Å². The molecule has 2 rings (SSSR count). The van der Waals surface area contributed by atoms with E-state index in [1.54, 1.807) is 13.8 Å². The molecule has 12 heteroatoms. The molecule has 0 aliphatic heterocycles. The highest BCUT2D eigenvalue weighted by Crippen LogP contribution is 2.28. The summed E-state index contributed by atoms with van der Waals surface area (Å²) in [6.07, 6.45) is 0. The van der Waals surface area contributed by atoms with Crippen LogP contribution < -0.4 is 15.2 Å². The van der Waals surface area contributed by atoms with Crippen LogP contribution in [0.1, 0.15) is 19.4 Å². The number of ether oxygens (including phenoxy) is 1. The van der Waals surface area contributed by atoms with Crippen molar-refractivity contribution in [3.63, 3.8) is 0 Å². The summed E-state index contributed by atoms with van der Waals surface area (Å²) in [6, 6.07) is 9.81. The number of sulfonamides is 2. The Morgan fingerprint density at radius 2 is 1.68 bits per heavy atom. The number of hydrogen-bond acceptors (Lipinski definition) is 6. The predicted octanol–water partition coefficient (Wildman–Crippen LogP) is 1.71. The van der Waals surface area contributed by atoms with Crippen LogP contribution in [0.4, 0.5) is 0 Å². The van der Waals surface area contributed by atoms with Gasteiger partial charge in [0, 0.05) is 13.1 Å². The fourth-order valence-corrected chi connectivity index (χ4v) is 4.89. The largest absolute Gasteiger partial charge is 0.492 e. The molecule has 0 bridgehead atoms. The smallest absolute Gasteiger partial charge is 0.243 e. The lowest BCUT2D eigenvalue weighted by Gasteiger charge is -2.20. The van der Waals surface area contributed by atoms with Crippen LogP contribution in [0.3, 0.4) is 0 Å². The minimum Gasteiger partial charge on any atom is -0.492 e. The van der Waals surface area contributed by atoms with E-state index in [4.69, 9.17) is 21.5 Å². The Hall–Kier alpha value is -2.18. The van der Waals surface area contributed by atoms with Gasteiger partial charge in [0.15, 0.2) is 0 Å². The molecule has 31 heavy (non-hydrogen) atoms. The van der Waals surface area contributed by atoms with E-state index in [1.165, 1.54) is 42.5 Å². The molecule has 3 N–H and O–H groups in total. The van der Waals surface area contributed by atoms with E-state index in [0.29, 0.717) is 17.9 Å². The van der Waals surface area contributed by atoms with Gasteiger partial charge in [0.25, 0.3) is 0 Å². The Kier molecular flexibility index (Phi) is 8.43. The molecule has 0 radical (unpaired) electrons. The van der Waals surface area contributed by atoms with E-state index in [9.17, 15) is 21.6 Å². The van der Waals surface area contributed by atoms with Crippen LogP contribution in [0.25, 0.3) is 0 Å². The molecule has 2 aromatic carbocycles. The molecule has 0 saturated heterocycles. The topological polar surface area (TPSA) is 136 Å². The van der Waals surface area contributed by atoms with Crippen LogP contribution in [-0.4, -0.2) is 46.7 Å². The minimum absolute atomic E-state index is 0.0418. The van der Waals surface area contributed by atoms with Crippen LogP contribution in [-0.2, 0) is 31.4 Å². The Morgan fingerprint density at radius 1 is 1.06 bits per heavy atom. The first kappa shape index (κ1) is 25.1. The summed E-state index contributed by atoms with van der Waals surface area (Å²) in [6.45, 7) is 3.57. The van der Waals surface area contributed by atoms with Gasteiger partial charge in [-0.3, -0.25) is 4.79 Å². The summed E-state index contributed by atoms with van der Waals surface area (Å²) in [7, 11) is -7.75. The van der Waals surface area contributed by atoms with E-state index in [-0.39, 0.29) is 34.4 Å². The number of rotatable bonds is 10. The molecule has 0 unspecified atom stereocenters. The van der Waals surface area contributed by atoms with Gasteiger partial charge < -0.3 is 10.1 Å². The Morgan fingerprint density at radius 3 is 2.19 bits per heavy atom. The molecular weight excluding hydrogens is 466 g/mol. The summed E-state index contributed by atoms with van der Waals surface area (Å²) in [5.74, 6) is -0.143. The number of likely N-dealkylation sites (N-methyl/N-ethyl adjacent to an activating group) is 1. The van der Waals surface area contributed by atoms with Crippen molar-refractivity contribution in [2.24, 2.45) is 5.14 Å². The van der Waals surface area contributed by atoms with E-state index >= 15 is 0 Å². The van der Waals surface area contributed by atoms with E-state index in [2.05, 4.69) is 5.32 Å². The lowest BCUT2D eigenvalue weighted by Crippen LogP contribution is -2.40. The van der Waals surface area contributed by atoms with E-state index < -0.39 is 26.0 Å². The van der Waals surface area contributed by atoms with Gasteiger partial charge in [0.05, 0.1) is 28.0 Å². The second kappa shape index (κ2) is 10.4. The average Bonchev–Trinajstić information content (AvgIpc) is 2.71. The molecule has 0 spiro atoms. The number of amides is 1. The van der Waals surface area contributed by atoms with Gasteiger partial charge in [-0.2, -0.15) is 4.31 Å². The number of nitrogens with zero attached hydrogens (tertiary/aromatic N) is 1. The molecule has 0 fully saturated rings. The molecule has 2 aromatic rings. The summed E-state index contributed by atoms with van der Waals surface area (Å²) in [5, 5.41) is 7.81. The SMILES string of the molecule is CCOc1ccc(S(=O)(=O)N(CC)CC(=O)NCc2ccc(S(N)(=O)=O)cc2)cc1Cl. The lowest BCUT2D eigenvalue weighted by atomic mass is 10.2. The highest BCUT2D eigenvalue weighted by molar-refractivity contribution is 7.89. The normalized spacial score (nSPS) is 12.0. The monoisotopic (exact) mass is 489 g/mol. The second-order valence-electron chi connectivity index (χ2n) is 6.42. The van der Waals surface area contributed by atoms with Crippen LogP contribution in [0.5, 0.6) is 5.75 Å². The predicted molar refractivity (Wildman–Crippen MR) is 117 cm³/mol. The van der Waals surface area contributed by atoms with Crippen LogP contribution in [0.15, 0.2) is 52.3 Å². The molecule has 0 aliphatic rings. The number of carbonyl (C=O) groups excluding carboxylic acids is 1. The number of halogens is 1. The van der Waals surface area contributed by atoms with Gasteiger partial charge in [-0.1, -0.05) is 30.7 Å².